The molecule has 6 heteroatoms. The van der Waals surface area contributed by atoms with E-state index in [2.05, 4.69) is 31.4 Å². The summed E-state index contributed by atoms with van der Waals surface area (Å²) in [5.41, 5.74) is 2.88. The number of aryl methyl sites for hydroxylation is 1. The fourth-order valence-electron chi connectivity index (χ4n) is 2.38. The minimum atomic E-state index is -0.107. The largest absolute Gasteiger partial charge is 0.383 e. The van der Waals surface area contributed by atoms with Crippen LogP contribution in [0.3, 0.4) is 0 Å². The molecule has 0 unspecified atom stereocenters. The predicted octanol–water partition coefficient (Wildman–Crippen LogP) is 2.65. The van der Waals surface area contributed by atoms with Gasteiger partial charge in [-0.2, -0.15) is 5.10 Å². The number of methoxy groups -OCH3 is 1. The van der Waals surface area contributed by atoms with Gasteiger partial charge in [-0.25, -0.2) is 4.68 Å². The molecule has 1 aromatic carbocycles. The van der Waals surface area contributed by atoms with E-state index in [0.717, 1.165) is 16.9 Å². The lowest BCUT2D eigenvalue weighted by Gasteiger charge is -2.14. The van der Waals surface area contributed by atoms with E-state index in [0.29, 0.717) is 19.0 Å². The molecule has 0 aliphatic heterocycles. The Morgan fingerprint density at radius 1 is 1.28 bits per heavy atom. The molecule has 6 nitrogen and oxygen atoms in total. The van der Waals surface area contributed by atoms with Crippen LogP contribution in [0.4, 0.5) is 5.82 Å². The Bertz CT molecular complexity index is 716. The number of nitrogens with one attached hydrogen (secondary N) is 2. The van der Waals surface area contributed by atoms with E-state index < -0.39 is 0 Å². The molecule has 0 spiro atoms. The number of aromatic nitrogens is 2. The average Bonchev–Trinajstić information content (AvgIpc) is 2.96. The van der Waals surface area contributed by atoms with E-state index in [1.54, 1.807) is 7.11 Å². The van der Waals surface area contributed by atoms with Gasteiger partial charge in [0.25, 0.3) is 0 Å². The molecule has 25 heavy (non-hydrogen) atoms. The summed E-state index contributed by atoms with van der Waals surface area (Å²) in [5, 5.41) is 10.7. The quantitative estimate of drug-likeness (QED) is 0.758. The molecule has 2 N–H and O–H groups in total. The molecule has 1 aromatic heterocycles. The Labute approximate surface area is 149 Å². The van der Waals surface area contributed by atoms with Gasteiger partial charge in [0.1, 0.15) is 5.82 Å². The smallest absolute Gasteiger partial charge is 0.239 e. The molecular weight excluding hydrogens is 316 g/mol. The Kier molecular flexibility index (Phi) is 6.33. The van der Waals surface area contributed by atoms with E-state index in [1.807, 2.05) is 41.9 Å². The van der Waals surface area contributed by atoms with Gasteiger partial charge in [-0.1, -0.05) is 39.0 Å². The topological polar surface area (TPSA) is 68.2 Å². The van der Waals surface area contributed by atoms with Crippen molar-refractivity contribution < 1.29 is 9.53 Å². The van der Waals surface area contributed by atoms with Gasteiger partial charge in [0, 0.05) is 25.1 Å². The van der Waals surface area contributed by atoms with Crippen molar-refractivity contribution in [2.24, 2.45) is 0 Å². The second-order valence-corrected chi connectivity index (χ2v) is 7.08. The highest BCUT2D eigenvalue weighted by Crippen LogP contribution is 2.27. The third-order valence-corrected chi connectivity index (χ3v) is 3.86. The number of amides is 1. The van der Waals surface area contributed by atoms with Crippen LogP contribution < -0.4 is 10.6 Å². The summed E-state index contributed by atoms with van der Waals surface area (Å²) < 4.78 is 6.77. The summed E-state index contributed by atoms with van der Waals surface area (Å²) in [6.45, 7) is 9.79. The van der Waals surface area contributed by atoms with Crippen molar-refractivity contribution in [3.8, 4) is 5.69 Å². The molecule has 0 saturated heterocycles. The summed E-state index contributed by atoms with van der Waals surface area (Å²) in [4.78, 5) is 12.2. The molecule has 1 heterocycles. The maximum Gasteiger partial charge on any atom is 0.239 e. The summed E-state index contributed by atoms with van der Waals surface area (Å²) in [7, 11) is 1.64. The Morgan fingerprint density at radius 3 is 2.64 bits per heavy atom. The first-order valence-electron chi connectivity index (χ1n) is 8.49. The number of benzene rings is 1. The number of rotatable bonds is 7. The fourth-order valence-corrected chi connectivity index (χ4v) is 2.38. The summed E-state index contributed by atoms with van der Waals surface area (Å²) >= 11 is 0. The van der Waals surface area contributed by atoms with E-state index >= 15 is 0 Å². The van der Waals surface area contributed by atoms with Crippen LogP contribution in [0.15, 0.2) is 30.3 Å². The number of carbonyl (C=O) groups excluding carboxylic acids is 1. The molecule has 0 saturated carbocycles. The van der Waals surface area contributed by atoms with Gasteiger partial charge in [-0.05, 0) is 18.6 Å². The SMILES string of the molecule is COCCNCC(=O)Nc1cc(C(C)(C)C)nn1-c1ccccc1C. The van der Waals surface area contributed by atoms with Crippen LogP contribution in [-0.2, 0) is 14.9 Å². The van der Waals surface area contributed by atoms with Crippen LogP contribution in [0.1, 0.15) is 32.0 Å². The minimum Gasteiger partial charge on any atom is -0.383 e. The molecule has 0 aliphatic rings. The normalized spacial score (nSPS) is 11.6. The number of carbonyl (C=O) groups is 1. The molecule has 2 rings (SSSR count). The Morgan fingerprint density at radius 2 is 2.00 bits per heavy atom. The van der Waals surface area contributed by atoms with Gasteiger partial charge in [0.15, 0.2) is 0 Å². The number of para-hydroxylation sites is 1. The van der Waals surface area contributed by atoms with Crippen molar-refractivity contribution in [2.75, 3.05) is 32.1 Å². The fraction of sp³-hybridized carbons (Fsp3) is 0.474. The maximum absolute atomic E-state index is 12.2. The summed E-state index contributed by atoms with van der Waals surface area (Å²) in [6.07, 6.45) is 0. The van der Waals surface area contributed by atoms with Crippen LogP contribution >= 0.6 is 0 Å². The number of anilines is 1. The van der Waals surface area contributed by atoms with E-state index in [1.165, 1.54) is 0 Å². The van der Waals surface area contributed by atoms with Gasteiger partial charge in [-0.3, -0.25) is 4.79 Å². The lowest BCUT2D eigenvalue weighted by molar-refractivity contribution is -0.115. The van der Waals surface area contributed by atoms with E-state index in [-0.39, 0.29) is 17.9 Å². The van der Waals surface area contributed by atoms with Crippen LogP contribution in [0.25, 0.3) is 5.69 Å². The van der Waals surface area contributed by atoms with Crippen molar-refractivity contribution in [3.63, 3.8) is 0 Å². The van der Waals surface area contributed by atoms with Crippen LogP contribution in [0, 0.1) is 6.92 Å². The van der Waals surface area contributed by atoms with Gasteiger partial charge in [-0.15, -0.1) is 0 Å². The van der Waals surface area contributed by atoms with Gasteiger partial charge in [0.2, 0.25) is 5.91 Å². The second kappa shape index (κ2) is 8.27. The number of hydrogen-bond acceptors (Lipinski definition) is 4. The average molecular weight is 344 g/mol. The molecule has 0 radical (unpaired) electrons. The maximum atomic E-state index is 12.2. The van der Waals surface area contributed by atoms with Crippen LogP contribution in [0.5, 0.6) is 0 Å². The van der Waals surface area contributed by atoms with Crippen molar-refractivity contribution in [1.82, 2.24) is 15.1 Å². The molecule has 136 valence electrons. The number of hydrogen-bond donors (Lipinski definition) is 2. The van der Waals surface area contributed by atoms with Crippen LogP contribution in [-0.4, -0.2) is 42.5 Å². The Hall–Kier alpha value is -2.18. The van der Waals surface area contributed by atoms with E-state index in [9.17, 15) is 4.79 Å². The standard InChI is InChI=1S/C19H28N4O2/c1-14-8-6-7-9-15(14)23-17(12-16(22-23)19(2,3)4)21-18(24)13-20-10-11-25-5/h6-9,12,20H,10-11,13H2,1-5H3,(H,21,24). The number of nitrogens with zero attached hydrogens (tertiary/aromatic N) is 2. The third-order valence-electron chi connectivity index (χ3n) is 3.86. The highest BCUT2D eigenvalue weighted by molar-refractivity contribution is 5.91. The first kappa shape index (κ1) is 19.1. The van der Waals surface area contributed by atoms with Crippen molar-refractivity contribution in [3.05, 3.63) is 41.6 Å². The van der Waals surface area contributed by atoms with Gasteiger partial charge >= 0.3 is 0 Å². The zero-order valence-electron chi connectivity index (χ0n) is 15.7. The zero-order valence-corrected chi connectivity index (χ0v) is 15.7. The lowest BCUT2D eigenvalue weighted by atomic mass is 9.92. The first-order chi connectivity index (χ1) is 11.8. The summed E-state index contributed by atoms with van der Waals surface area (Å²) in [5.74, 6) is 0.573. The first-order valence-corrected chi connectivity index (χ1v) is 8.49. The molecule has 0 fully saturated rings. The van der Waals surface area contributed by atoms with Crippen LogP contribution in [0.2, 0.25) is 0 Å². The third kappa shape index (κ3) is 5.14. The molecule has 0 atom stereocenters. The minimum absolute atomic E-state index is 0.105. The highest BCUT2D eigenvalue weighted by Gasteiger charge is 2.21. The van der Waals surface area contributed by atoms with Crippen molar-refractivity contribution in [2.45, 2.75) is 33.1 Å². The molecule has 2 aromatic rings. The summed E-state index contributed by atoms with van der Waals surface area (Å²) in [6, 6.07) is 9.94. The monoisotopic (exact) mass is 344 g/mol. The molecule has 1 amide bonds. The Balaban J connectivity index is 2.25. The number of ether oxygens (including phenoxy) is 1. The van der Waals surface area contributed by atoms with Gasteiger partial charge in [0.05, 0.1) is 24.5 Å². The molecule has 0 bridgehead atoms. The van der Waals surface area contributed by atoms with Gasteiger partial charge < -0.3 is 15.4 Å². The highest BCUT2D eigenvalue weighted by atomic mass is 16.5. The van der Waals surface area contributed by atoms with E-state index in [4.69, 9.17) is 9.84 Å². The second-order valence-electron chi connectivity index (χ2n) is 7.08. The zero-order chi connectivity index (χ0) is 18.4. The molecular formula is C19H28N4O2. The lowest BCUT2D eigenvalue weighted by Crippen LogP contribution is -2.30. The van der Waals surface area contributed by atoms with Crippen molar-refractivity contribution >= 4 is 11.7 Å². The predicted molar refractivity (Wildman–Crippen MR) is 100 cm³/mol. The molecule has 0 aliphatic carbocycles. The van der Waals surface area contributed by atoms with Crippen molar-refractivity contribution in [1.29, 1.82) is 0 Å².